The first-order valence-electron chi connectivity index (χ1n) is 5.79. The molecule has 8 heteroatoms. The third kappa shape index (κ3) is 11.9. The number of halogens is 3. The van der Waals surface area contributed by atoms with Crippen molar-refractivity contribution in [2.75, 3.05) is 33.5 Å². The molecule has 0 bridgehead atoms. The molecular formula is C11H20F3NO4. The average molecular weight is 287 g/mol. The topological polar surface area (TPSA) is 67.8 Å². The van der Waals surface area contributed by atoms with E-state index in [9.17, 15) is 23.1 Å². The summed E-state index contributed by atoms with van der Waals surface area (Å²) in [4.78, 5) is 11.3. The summed E-state index contributed by atoms with van der Waals surface area (Å²) in [6, 6.07) is 0. The normalized spacial score (nSPS) is 15.1. The molecule has 0 aliphatic heterocycles. The third-order valence-corrected chi connectivity index (χ3v) is 2.25. The van der Waals surface area contributed by atoms with Crippen LogP contribution in [0.15, 0.2) is 0 Å². The van der Waals surface area contributed by atoms with Gasteiger partial charge in [-0.05, 0) is 6.92 Å². The van der Waals surface area contributed by atoms with Gasteiger partial charge in [-0.25, -0.2) is 0 Å². The molecule has 0 rings (SSSR count). The van der Waals surface area contributed by atoms with Gasteiger partial charge in [0.05, 0.1) is 12.2 Å². The second-order valence-corrected chi connectivity index (χ2v) is 4.43. The minimum atomic E-state index is -4.39. The molecule has 5 nitrogen and oxygen atoms in total. The van der Waals surface area contributed by atoms with Crippen molar-refractivity contribution in [2.45, 2.75) is 31.5 Å². The Morgan fingerprint density at radius 3 is 2.47 bits per heavy atom. The lowest BCUT2D eigenvalue weighted by Crippen LogP contribution is -2.41. The Balaban J connectivity index is 3.69. The SMILES string of the molecule is COCCC(C)(O)CNC(=O)CCOCC(F)(F)F. The molecule has 0 aromatic heterocycles. The van der Waals surface area contributed by atoms with Crippen molar-refractivity contribution in [1.82, 2.24) is 5.32 Å². The van der Waals surface area contributed by atoms with E-state index < -0.39 is 24.3 Å². The lowest BCUT2D eigenvalue weighted by atomic mass is 10.0. The Morgan fingerprint density at radius 1 is 1.32 bits per heavy atom. The molecule has 19 heavy (non-hydrogen) atoms. The van der Waals surface area contributed by atoms with Gasteiger partial charge >= 0.3 is 6.18 Å². The van der Waals surface area contributed by atoms with Gasteiger partial charge in [-0.2, -0.15) is 13.2 Å². The van der Waals surface area contributed by atoms with Gasteiger partial charge in [0.15, 0.2) is 0 Å². The molecule has 2 N–H and O–H groups in total. The van der Waals surface area contributed by atoms with Gasteiger partial charge in [0.2, 0.25) is 5.91 Å². The standard InChI is InChI=1S/C11H20F3NO4/c1-10(17,4-6-18-2)7-15-9(16)3-5-19-8-11(12,13)14/h17H,3-8H2,1-2H3,(H,15,16). The molecule has 0 saturated heterocycles. The number of carbonyl (C=O) groups excluding carboxylic acids is 1. The summed E-state index contributed by atoms with van der Waals surface area (Å²) >= 11 is 0. The fourth-order valence-electron chi connectivity index (χ4n) is 1.14. The number of alkyl halides is 3. The third-order valence-electron chi connectivity index (χ3n) is 2.25. The van der Waals surface area contributed by atoms with Crippen LogP contribution in [0, 0.1) is 0 Å². The lowest BCUT2D eigenvalue weighted by molar-refractivity contribution is -0.174. The maximum atomic E-state index is 11.7. The van der Waals surface area contributed by atoms with E-state index in [1.807, 2.05) is 0 Å². The van der Waals surface area contributed by atoms with Crippen LogP contribution in [0.5, 0.6) is 0 Å². The molecule has 0 heterocycles. The number of methoxy groups -OCH3 is 1. The highest BCUT2D eigenvalue weighted by Crippen LogP contribution is 2.14. The van der Waals surface area contributed by atoms with E-state index in [-0.39, 0.29) is 19.6 Å². The number of hydrogen-bond donors (Lipinski definition) is 2. The van der Waals surface area contributed by atoms with Gasteiger partial charge < -0.3 is 19.9 Å². The van der Waals surface area contributed by atoms with Crippen LogP contribution in [0.3, 0.4) is 0 Å². The Morgan fingerprint density at radius 2 is 1.95 bits per heavy atom. The number of aliphatic hydroxyl groups is 1. The zero-order valence-corrected chi connectivity index (χ0v) is 11.0. The van der Waals surface area contributed by atoms with Crippen LogP contribution in [-0.4, -0.2) is 56.3 Å². The van der Waals surface area contributed by atoms with Crippen molar-refractivity contribution >= 4 is 5.91 Å². The van der Waals surface area contributed by atoms with Crippen LogP contribution in [-0.2, 0) is 14.3 Å². The van der Waals surface area contributed by atoms with Crippen molar-refractivity contribution in [3.05, 3.63) is 0 Å². The predicted octanol–water partition coefficient (Wildman–Crippen LogP) is 0.859. The molecule has 0 fully saturated rings. The first kappa shape index (κ1) is 18.1. The fraction of sp³-hybridized carbons (Fsp3) is 0.909. The van der Waals surface area contributed by atoms with Crippen LogP contribution in [0.1, 0.15) is 19.8 Å². The van der Waals surface area contributed by atoms with E-state index in [0.29, 0.717) is 13.0 Å². The second-order valence-electron chi connectivity index (χ2n) is 4.43. The number of nitrogens with one attached hydrogen (secondary N) is 1. The molecule has 0 radical (unpaired) electrons. The summed E-state index contributed by atoms with van der Waals surface area (Å²) in [7, 11) is 1.49. The van der Waals surface area contributed by atoms with E-state index in [0.717, 1.165) is 0 Å². The number of ether oxygens (including phenoxy) is 2. The maximum absolute atomic E-state index is 11.7. The highest BCUT2D eigenvalue weighted by Gasteiger charge is 2.27. The Labute approximate surface area is 110 Å². The fourth-order valence-corrected chi connectivity index (χ4v) is 1.14. The minimum Gasteiger partial charge on any atom is -0.388 e. The minimum absolute atomic E-state index is 0.00840. The number of hydrogen-bond acceptors (Lipinski definition) is 4. The molecule has 0 aliphatic carbocycles. The van der Waals surface area contributed by atoms with E-state index in [2.05, 4.69) is 10.1 Å². The smallest absolute Gasteiger partial charge is 0.388 e. The van der Waals surface area contributed by atoms with Gasteiger partial charge in [-0.15, -0.1) is 0 Å². The summed E-state index contributed by atoms with van der Waals surface area (Å²) in [5, 5.41) is 12.2. The van der Waals surface area contributed by atoms with E-state index in [1.165, 1.54) is 14.0 Å². The van der Waals surface area contributed by atoms with Crippen molar-refractivity contribution in [3.63, 3.8) is 0 Å². The maximum Gasteiger partial charge on any atom is 0.411 e. The summed E-state index contributed by atoms with van der Waals surface area (Å²) in [6.07, 6.45) is -4.23. The van der Waals surface area contributed by atoms with Crippen molar-refractivity contribution in [2.24, 2.45) is 0 Å². The molecule has 0 aromatic carbocycles. The second kappa shape index (κ2) is 8.34. The highest BCUT2D eigenvalue weighted by molar-refractivity contribution is 5.76. The van der Waals surface area contributed by atoms with Crippen LogP contribution >= 0.6 is 0 Å². The van der Waals surface area contributed by atoms with Gasteiger partial charge in [-0.1, -0.05) is 0 Å². The first-order chi connectivity index (χ1) is 8.66. The predicted molar refractivity (Wildman–Crippen MR) is 61.6 cm³/mol. The Bertz CT molecular complexity index is 269. The largest absolute Gasteiger partial charge is 0.411 e. The molecular weight excluding hydrogens is 267 g/mol. The summed E-state index contributed by atoms with van der Waals surface area (Å²) in [6.45, 7) is 0.204. The zero-order chi connectivity index (χ0) is 14.9. The van der Waals surface area contributed by atoms with Crippen molar-refractivity contribution < 1.29 is 32.5 Å². The molecule has 1 amide bonds. The number of amides is 1. The van der Waals surface area contributed by atoms with E-state index in [4.69, 9.17) is 4.74 Å². The molecule has 1 unspecified atom stereocenters. The van der Waals surface area contributed by atoms with Crippen LogP contribution in [0.4, 0.5) is 13.2 Å². The van der Waals surface area contributed by atoms with E-state index >= 15 is 0 Å². The Hall–Kier alpha value is -0.860. The van der Waals surface area contributed by atoms with Gasteiger partial charge in [0, 0.05) is 33.1 Å². The molecule has 114 valence electrons. The van der Waals surface area contributed by atoms with Gasteiger partial charge in [0.1, 0.15) is 6.61 Å². The van der Waals surface area contributed by atoms with Gasteiger partial charge in [0.25, 0.3) is 0 Å². The molecule has 0 spiro atoms. The molecule has 0 aliphatic rings. The highest BCUT2D eigenvalue weighted by atomic mass is 19.4. The number of rotatable bonds is 9. The molecule has 0 saturated carbocycles. The molecule has 0 aromatic rings. The van der Waals surface area contributed by atoms with Crippen LogP contribution in [0.2, 0.25) is 0 Å². The first-order valence-corrected chi connectivity index (χ1v) is 5.79. The summed E-state index contributed by atoms with van der Waals surface area (Å²) < 4.78 is 44.3. The average Bonchev–Trinajstić information content (AvgIpc) is 2.29. The van der Waals surface area contributed by atoms with Crippen molar-refractivity contribution in [3.8, 4) is 0 Å². The quantitative estimate of drug-likeness (QED) is 0.617. The van der Waals surface area contributed by atoms with Crippen molar-refractivity contribution in [1.29, 1.82) is 0 Å². The monoisotopic (exact) mass is 287 g/mol. The Kier molecular flexibility index (Phi) is 7.96. The van der Waals surface area contributed by atoms with Gasteiger partial charge in [-0.3, -0.25) is 4.79 Å². The number of carbonyl (C=O) groups is 1. The summed E-state index contributed by atoms with van der Waals surface area (Å²) in [5.74, 6) is -0.472. The van der Waals surface area contributed by atoms with Crippen LogP contribution < -0.4 is 5.32 Å². The van der Waals surface area contributed by atoms with Crippen LogP contribution in [0.25, 0.3) is 0 Å². The zero-order valence-electron chi connectivity index (χ0n) is 11.0. The van der Waals surface area contributed by atoms with E-state index in [1.54, 1.807) is 0 Å². The lowest BCUT2D eigenvalue weighted by Gasteiger charge is -2.23. The molecule has 1 atom stereocenters. The summed E-state index contributed by atoms with van der Waals surface area (Å²) in [5.41, 5.74) is -1.11.